The molecule has 1 N–H and O–H groups in total. The van der Waals surface area contributed by atoms with Crippen molar-refractivity contribution in [3.8, 4) is 0 Å². The lowest BCUT2D eigenvalue weighted by atomic mass is 10.1. The first-order valence-corrected chi connectivity index (χ1v) is 8.44. The summed E-state index contributed by atoms with van der Waals surface area (Å²) in [6.07, 6.45) is 1.82. The van der Waals surface area contributed by atoms with Crippen LogP contribution in [-0.2, 0) is 27.3 Å². The average molecular weight is 365 g/mol. The second-order valence-corrected chi connectivity index (χ2v) is 6.03. The second-order valence-electron chi connectivity index (χ2n) is 6.03. The van der Waals surface area contributed by atoms with Gasteiger partial charge in [-0.1, -0.05) is 48.5 Å². The molecule has 0 aliphatic heterocycles. The van der Waals surface area contributed by atoms with E-state index in [-0.39, 0.29) is 12.1 Å². The number of nitrogens with zero attached hydrogens (tertiary/aromatic N) is 2. The molecule has 1 aromatic heterocycles. The zero-order valence-electron chi connectivity index (χ0n) is 14.8. The van der Waals surface area contributed by atoms with Crippen LogP contribution in [0.25, 0.3) is 10.8 Å². The fourth-order valence-corrected chi connectivity index (χ4v) is 2.80. The SMILES string of the molecule is COC(=O)[C@@H](Cc1ccccc1)NC(=O)Cn1ncc2ccccc2c1=O. The Labute approximate surface area is 155 Å². The van der Waals surface area contributed by atoms with Gasteiger partial charge in [-0.3, -0.25) is 9.59 Å². The molecule has 3 rings (SSSR count). The topological polar surface area (TPSA) is 90.3 Å². The zero-order chi connectivity index (χ0) is 19.2. The van der Waals surface area contributed by atoms with Crippen LogP contribution in [0.15, 0.2) is 65.6 Å². The number of rotatable bonds is 6. The van der Waals surface area contributed by atoms with Crippen molar-refractivity contribution in [3.63, 3.8) is 0 Å². The van der Waals surface area contributed by atoms with E-state index in [1.54, 1.807) is 18.2 Å². The van der Waals surface area contributed by atoms with E-state index in [1.165, 1.54) is 13.3 Å². The summed E-state index contributed by atoms with van der Waals surface area (Å²) in [5.41, 5.74) is 0.523. The number of benzene rings is 2. The molecule has 0 spiro atoms. The van der Waals surface area contributed by atoms with Gasteiger partial charge in [-0.05, 0) is 11.6 Å². The highest BCUT2D eigenvalue weighted by Gasteiger charge is 2.22. The van der Waals surface area contributed by atoms with Crippen LogP contribution in [0, 0.1) is 0 Å². The highest BCUT2D eigenvalue weighted by Crippen LogP contribution is 2.07. The quantitative estimate of drug-likeness (QED) is 0.665. The number of aromatic nitrogens is 2. The third-order valence-corrected chi connectivity index (χ3v) is 4.16. The molecule has 3 aromatic rings. The van der Waals surface area contributed by atoms with Gasteiger partial charge in [0.1, 0.15) is 12.6 Å². The van der Waals surface area contributed by atoms with E-state index >= 15 is 0 Å². The van der Waals surface area contributed by atoms with Gasteiger partial charge in [0, 0.05) is 11.8 Å². The maximum atomic E-state index is 12.5. The van der Waals surface area contributed by atoms with E-state index in [0.29, 0.717) is 17.2 Å². The van der Waals surface area contributed by atoms with Crippen LogP contribution >= 0.6 is 0 Å². The van der Waals surface area contributed by atoms with Crippen molar-refractivity contribution in [1.29, 1.82) is 0 Å². The molecule has 0 aliphatic carbocycles. The van der Waals surface area contributed by atoms with Crippen LogP contribution in [-0.4, -0.2) is 34.8 Å². The van der Waals surface area contributed by atoms with Gasteiger partial charge < -0.3 is 10.1 Å². The van der Waals surface area contributed by atoms with E-state index < -0.39 is 17.9 Å². The van der Waals surface area contributed by atoms with Crippen molar-refractivity contribution in [2.24, 2.45) is 0 Å². The highest BCUT2D eigenvalue weighted by atomic mass is 16.5. The average Bonchev–Trinajstić information content (AvgIpc) is 2.70. The van der Waals surface area contributed by atoms with Crippen molar-refractivity contribution in [3.05, 3.63) is 76.7 Å². The summed E-state index contributed by atoms with van der Waals surface area (Å²) < 4.78 is 5.86. The molecule has 2 aromatic carbocycles. The van der Waals surface area contributed by atoms with E-state index in [1.807, 2.05) is 36.4 Å². The number of carbonyl (C=O) groups excluding carboxylic acids is 2. The van der Waals surface area contributed by atoms with Crippen LogP contribution in [0.3, 0.4) is 0 Å². The molecule has 0 saturated heterocycles. The number of hydrogen-bond acceptors (Lipinski definition) is 5. The Morgan fingerprint density at radius 2 is 1.81 bits per heavy atom. The molecule has 7 nitrogen and oxygen atoms in total. The predicted molar refractivity (Wildman–Crippen MR) is 100 cm³/mol. The van der Waals surface area contributed by atoms with Crippen molar-refractivity contribution in [2.75, 3.05) is 7.11 Å². The number of hydrogen-bond donors (Lipinski definition) is 1. The smallest absolute Gasteiger partial charge is 0.328 e. The van der Waals surface area contributed by atoms with Crippen molar-refractivity contribution in [2.45, 2.75) is 19.0 Å². The maximum absolute atomic E-state index is 12.5. The lowest BCUT2D eigenvalue weighted by Gasteiger charge is -2.17. The van der Waals surface area contributed by atoms with E-state index in [9.17, 15) is 14.4 Å². The lowest BCUT2D eigenvalue weighted by Crippen LogP contribution is -2.45. The molecule has 0 saturated carbocycles. The van der Waals surface area contributed by atoms with Gasteiger partial charge in [-0.15, -0.1) is 0 Å². The number of methoxy groups -OCH3 is 1. The minimum atomic E-state index is -0.846. The van der Waals surface area contributed by atoms with Gasteiger partial charge in [-0.25, -0.2) is 9.48 Å². The molecular weight excluding hydrogens is 346 g/mol. The fraction of sp³-hybridized carbons (Fsp3) is 0.200. The summed E-state index contributed by atoms with van der Waals surface area (Å²) in [6.45, 7) is -0.286. The normalized spacial score (nSPS) is 11.7. The molecule has 1 heterocycles. The molecule has 0 radical (unpaired) electrons. The van der Waals surface area contributed by atoms with Crippen LogP contribution in [0.5, 0.6) is 0 Å². The predicted octanol–water partition coefficient (Wildman–Crippen LogP) is 1.30. The Bertz CT molecular complexity index is 1010. The molecule has 27 heavy (non-hydrogen) atoms. The third-order valence-electron chi connectivity index (χ3n) is 4.16. The Morgan fingerprint density at radius 1 is 1.11 bits per heavy atom. The first-order chi connectivity index (χ1) is 13.1. The Kier molecular flexibility index (Phi) is 5.61. The Balaban J connectivity index is 1.75. The number of carbonyl (C=O) groups is 2. The first kappa shape index (κ1) is 18.3. The molecule has 0 bridgehead atoms. The number of ether oxygens (including phenoxy) is 1. The van der Waals surface area contributed by atoms with Crippen LogP contribution in [0.4, 0.5) is 0 Å². The van der Waals surface area contributed by atoms with Crippen LogP contribution in [0.2, 0.25) is 0 Å². The fourth-order valence-electron chi connectivity index (χ4n) is 2.80. The van der Waals surface area contributed by atoms with Gasteiger partial charge in [-0.2, -0.15) is 5.10 Å². The number of esters is 1. The van der Waals surface area contributed by atoms with E-state index in [2.05, 4.69) is 10.4 Å². The lowest BCUT2D eigenvalue weighted by molar-refractivity contribution is -0.145. The molecule has 1 amide bonds. The largest absolute Gasteiger partial charge is 0.467 e. The maximum Gasteiger partial charge on any atom is 0.328 e. The van der Waals surface area contributed by atoms with E-state index in [4.69, 9.17) is 4.74 Å². The summed E-state index contributed by atoms with van der Waals surface area (Å²) >= 11 is 0. The summed E-state index contributed by atoms with van der Waals surface area (Å²) in [7, 11) is 1.27. The summed E-state index contributed by atoms with van der Waals surface area (Å²) in [5.74, 6) is -1.04. The molecular formula is C20H19N3O4. The van der Waals surface area contributed by atoms with Gasteiger partial charge in [0.05, 0.1) is 18.7 Å². The minimum absolute atomic E-state index is 0.286. The van der Waals surface area contributed by atoms with Gasteiger partial charge in [0.15, 0.2) is 0 Å². The summed E-state index contributed by atoms with van der Waals surface area (Å²) in [5, 5.41) is 7.84. The minimum Gasteiger partial charge on any atom is -0.467 e. The van der Waals surface area contributed by atoms with E-state index in [0.717, 1.165) is 10.2 Å². The first-order valence-electron chi connectivity index (χ1n) is 8.44. The molecule has 0 fully saturated rings. The third kappa shape index (κ3) is 4.38. The summed E-state index contributed by atoms with van der Waals surface area (Å²) in [6, 6.07) is 15.5. The number of nitrogens with one attached hydrogen (secondary N) is 1. The van der Waals surface area contributed by atoms with Crippen LogP contribution < -0.4 is 10.9 Å². The second kappa shape index (κ2) is 8.27. The van der Waals surface area contributed by atoms with Crippen molar-refractivity contribution >= 4 is 22.6 Å². The molecule has 0 unspecified atom stereocenters. The summed E-state index contributed by atoms with van der Waals surface area (Å²) in [4.78, 5) is 36.9. The van der Waals surface area contributed by atoms with Gasteiger partial charge in [0.25, 0.3) is 5.56 Å². The Hall–Kier alpha value is -3.48. The highest BCUT2D eigenvalue weighted by molar-refractivity contribution is 5.85. The number of amides is 1. The van der Waals surface area contributed by atoms with Crippen molar-refractivity contribution < 1.29 is 14.3 Å². The van der Waals surface area contributed by atoms with Gasteiger partial charge >= 0.3 is 5.97 Å². The van der Waals surface area contributed by atoms with Crippen molar-refractivity contribution in [1.82, 2.24) is 15.1 Å². The standard InChI is InChI=1S/C20H19N3O4/c1-27-20(26)17(11-14-7-3-2-4-8-14)22-18(24)13-23-19(25)16-10-6-5-9-15(16)12-21-23/h2-10,12,17H,11,13H2,1H3,(H,22,24)/t17-/m1/s1. The molecule has 7 heteroatoms. The Morgan fingerprint density at radius 3 is 2.56 bits per heavy atom. The zero-order valence-corrected chi connectivity index (χ0v) is 14.8. The van der Waals surface area contributed by atoms with Crippen LogP contribution in [0.1, 0.15) is 5.56 Å². The molecule has 138 valence electrons. The van der Waals surface area contributed by atoms with Gasteiger partial charge in [0.2, 0.25) is 5.91 Å². The number of fused-ring (bicyclic) bond motifs is 1. The molecule has 1 atom stereocenters. The monoisotopic (exact) mass is 365 g/mol. The molecule has 0 aliphatic rings.